The number of halogens is 1. The van der Waals surface area contributed by atoms with Crippen LogP contribution in [0.25, 0.3) is 0 Å². The number of rotatable bonds is 5. The maximum atomic E-state index is 11.7. The molecule has 0 spiro atoms. The number of anilines is 1. The highest BCUT2D eigenvalue weighted by Gasteiger charge is 2.15. The Hall–Kier alpha value is -2.13. The molecule has 2 amide bonds. The van der Waals surface area contributed by atoms with Gasteiger partial charge in [0.05, 0.1) is 12.1 Å². The highest BCUT2D eigenvalue weighted by molar-refractivity contribution is 9.10. The van der Waals surface area contributed by atoms with Crippen molar-refractivity contribution >= 4 is 50.1 Å². The number of carboxylic acids is 1. The topological polar surface area (TPSA) is 109 Å². The fourth-order valence-electron chi connectivity index (χ4n) is 1.43. The van der Waals surface area contributed by atoms with Crippen LogP contribution < -0.4 is 10.6 Å². The van der Waals surface area contributed by atoms with Gasteiger partial charge in [0.15, 0.2) is 10.4 Å². The molecule has 7 nitrogen and oxygen atoms in total. The number of thiophene rings is 1. The first-order valence-electron chi connectivity index (χ1n) is 5.61. The number of carboxylic acid groups (broad SMARTS) is 1. The molecule has 21 heavy (non-hydrogen) atoms. The van der Waals surface area contributed by atoms with E-state index < -0.39 is 17.8 Å². The van der Waals surface area contributed by atoms with E-state index in [0.717, 1.165) is 11.3 Å². The van der Waals surface area contributed by atoms with Gasteiger partial charge in [-0.2, -0.15) is 0 Å². The van der Waals surface area contributed by atoms with E-state index in [-0.39, 0.29) is 22.9 Å². The van der Waals surface area contributed by atoms with Crippen LogP contribution in [-0.2, 0) is 4.79 Å². The number of hydrogen-bond acceptors (Lipinski definition) is 5. The molecule has 0 fully saturated rings. The summed E-state index contributed by atoms with van der Waals surface area (Å²) in [6.45, 7) is -0.298. The maximum absolute atomic E-state index is 11.7. The molecule has 0 bridgehead atoms. The van der Waals surface area contributed by atoms with Crippen molar-refractivity contribution in [2.75, 3.05) is 11.9 Å². The largest absolute Gasteiger partial charge is 0.478 e. The van der Waals surface area contributed by atoms with Crippen LogP contribution in [0.3, 0.4) is 0 Å². The third-order valence-electron chi connectivity index (χ3n) is 2.36. The van der Waals surface area contributed by atoms with Gasteiger partial charge in [0.25, 0.3) is 5.91 Å². The maximum Gasteiger partial charge on any atom is 0.338 e. The molecule has 9 heteroatoms. The molecule has 0 saturated heterocycles. The molecule has 0 aromatic carbocycles. The molecule has 0 aliphatic heterocycles. The fourth-order valence-corrected chi connectivity index (χ4v) is 2.53. The second-order valence-corrected chi connectivity index (χ2v) is 5.50. The molecule has 2 heterocycles. The summed E-state index contributed by atoms with van der Waals surface area (Å²) in [5.74, 6) is -2.13. The zero-order valence-corrected chi connectivity index (χ0v) is 12.8. The number of aromatic carboxylic acids is 1. The van der Waals surface area contributed by atoms with E-state index in [1.165, 1.54) is 12.1 Å². The van der Waals surface area contributed by atoms with Crippen LogP contribution in [0, 0.1) is 0 Å². The van der Waals surface area contributed by atoms with Gasteiger partial charge in [-0.25, -0.2) is 4.79 Å². The summed E-state index contributed by atoms with van der Waals surface area (Å²) in [6, 6.07) is 4.40. The summed E-state index contributed by atoms with van der Waals surface area (Å²) in [6.07, 6.45) is 0. The van der Waals surface area contributed by atoms with Crippen LogP contribution in [0.15, 0.2) is 32.7 Å². The van der Waals surface area contributed by atoms with Crippen molar-refractivity contribution < 1.29 is 23.9 Å². The van der Waals surface area contributed by atoms with Gasteiger partial charge in [-0.15, -0.1) is 11.3 Å². The van der Waals surface area contributed by atoms with Crippen molar-refractivity contribution in [2.45, 2.75) is 0 Å². The summed E-state index contributed by atoms with van der Waals surface area (Å²) in [5.41, 5.74) is 0.00893. The number of carbonyl (C=O) groups is 3. The van der Waals surface area contributed by atoms with Gasteiger partial charge in [0.2, 0.25) is 5.91 Å². The van der Waals surface area contributed by atoms with Crippen LogP contribution in [0.1, 0.15) is 20.9 Å². The van der Waals surface area contributed by atoms with E-state index in [9.17, 15) is 14.4 Å². The Balaban J connectivity index is 1.89. The second kappa shape index (κ2) is 6.55. The van der Waals surface area contributed by atoms with Gasteiger partial charge in [0, 0.05) is 0 Å². The van der Waals surface area contributed by atoms with Crippen molar-refractivity contribution in [1.29, 1.82) is 0 Å². The van der Waals surface area contributed by atoms with E-state index in [4.69, 9.17) is 9.52 Å². The lowest BCUT2D eigenvalue weighted by molar-refractivity contribution is -0.115. The third-order valence-corrected chi connectivity index (χ3v) is 3.61. The van der Waals surface area contributed by atoms with Gasteiger partial charge in [-0.3, -0.25) is 9.59 Å². The second-order valence-electron chi connectivity index (χ2n) is 3.80. The van der Waals surface area contributed by atoms with Crippen LogP contribution >= 0.6 is 27.3 Å². The minimum atomic E-state index is -1.13. The third kappa shape index (κ3) is 3.92. The van der Waals surface area contributed by atoms with Crippen molar-refractivity contribution in [2.24, 2.45) is 0 Å². The van der Waals surface area contributed by atoms with Crippen molar-refractivity contribution in [3.8, 4) is 0 Å². The first-order chi connectivity index (χ1) is 9.97. The molecule has 2 rings (SSSR count). The van der Waals surface area contributed by atoms with Gasteiger partial charge >= 0.3 is 5.97 Å². The summed E-state index contributed by atoms with van der Waals surface area (Å²) < 4.78 is 5.44. The van der Waals surface area contributed by atoms with E-state index >= 15 is 0 Å². The molecule has 2 aromatic heterocycles. The molecular weight excluding hydrogens is 364 g/mol. The average Bonchev–Trinajstić information content (AvgIpc) is 3.05. The zero-order valence-electron chi connectivity index (χ0n) is 10.4. The molecule has 0 saturated carbocycles. The first kappa shape index (κ1) is 15.3. The lowest BCUT2D eigenvalue weighted by atomic mass is 10.3. The molecule has 0 unspecified atom stereocenters. The molecular formula is C12H9BrN2O5S. The molecule has 3 N–H and O–H groups in total. The number of amides is 2. The lowest BCUT2D eigenvalue weighted by Crippen LogP contribution is -2.32. The predicted molar refractivity (Wildman–Crippen MR) is 78.6 cm³/mol. The van der Waals surface area contributed by atoms with Crippen LogP contribution in [0.5, 0.6) is 0 Å². The molecule has 0 aliphatic rings. The number of nitrogens with one attached hydrogen (secondary N) is 2. The number of furan rings is 1. The van der Waals surface area contributed by atoms with Crippen LogP contribution in [0.4, 0.5) is 5.00 Å². The minimum Gasteiger partial charge on any atom is -0.478 e. The van der Waals surface area contributed by atoms with Gasteiger partial charge in [-0.05, 0) is 39.5 Å². The van der Waals surface area contributed by atoms with Crippen molar-refractivity contribution in [3.63, 3.8) is 0 Å². The number of hydrogen-bond donors (Lipinski definition) is 3. The van der Waals surface area contributed by atoms with Crippen LogP contribution in [0.2, 0.25) is 0 Å². The van der Waals surface area contributed by atoms with Crippen molar-refractivity contribution in [1.82, 2.24) is 5.32 Å². The fraction of sp³-hybridized carbons (Fsp3) is 0.0833. The normalized spacial score (nSPS) is 10.1. The Labute approximate surface area is 131 Å². The molecule has 110 valence electrons. The van der Waals surface area contributed by atoms with Gasteiger partial charge < -0.3 is 20.2 Å². The Morgan fingerprint density at radius 2 is 2.05 bits per heavy atom. The SMILES string of the molecule is O=C(CNC(=O)c1ccc(Br)o1)Nc1sccc1C(=O)O. The van der Waals surface area contributed by atoms with E-state index in [1.807, 2.05) is 0 Å². The molecule has 0 radical (unpaired) electrons. The van der Waals surface area contributed by atoms with E-state index in [2.05, 4.69) is 26.6 Å². The minimum absolute atomic E-state index is 0.00893. The Morgan fingerprint density at radius 3 is 2.67 bits per heavy atom. The summed E-state index contributed by atoms with van der Waals surface area (Å²) in [7, 11) is 0. The summed E-state index contributed by atoms with van der Waals surface area (Å²) >= 11 is 4.15. The van der Waals surface area contributed by atoms with Crippen LogP contribution in [-0.4, -0.2) is 29.4 Å². The molecule has 2 aromatic rings. The quantitative estimate of drug-likeness (QED) is 0.744. The predicted octanol–water partition coefficient (Wildman–Crippen LogP) is 2.17. The van der Waals surface area contributed by atoms with Gasteiger partial charge in [0.1, 0.15) is 5.00 Å². The van der Waals surface area contributed by atoms with Crippen molar-refractivity contribution in [3.05, 3.63) is 39.6 Å². The Kier molecular flexibility index (Phi) is 4.76. The average molecular weight is 373 g/mol. The standard InChI is InChI=1S/C12H9BrN2O5S/c13-8-2-1-7(20-8)10(17)14-5-9(16)15-11-6(12(18)19)3-4-21-11/h1-4H,5H2,(H,14,17)(H,15,16)(H,18,19). The molecule has 0 aliphatic carbocycles. The Bertz CT molecular complexity index is 693. The Morgan fingerprint density at radius 1 is 1.29 bits per heavy atom. The van der Waals surface area contributed by atoms with Gasteiger partial charge in [-0.1, -0.05) is 0 Å². The smallest absolute Gasteiger partial charge is 0.338 e. The summed E-state index contributed by atoms with van der Waals surface area (Å²) in [4.78, 5) is 34.2. The highest BCUT2D eigenvalue weighted by Crippen LogP contribution is 2.22. The lowest BCUT2D eigenvalue weighted by Gasteiger charge is -2.05. The number of carbonyl (C=O) groups excluding carboxylic acids is 2. The monoisotopic (exact) mass is 372 g/mol. The van der Waals surface area contributed by atoms with E-state index in [0.29, 0.717) is 4.67 Å². The summed E-state index contributed by atoms with van der Waals surface area (Å²) in [5, 5.41) is 15.5. The first-order valence-corrected chi connectivity index (χ1v) is 7.29. The zero-order chi connectivity index (χ0) is 15.4. The van der Waals surface area contributed by atoms with E-state index in [1.54, 1.807) is 11.4 Å². The highest BCUT2D eigenvalue weighted by atomic mass is 79.9. The molecule has 0 atom stereocenters.